The van der Waals surface area contributed by atoms with Gasteiger partial charge in [0.15, 0.2) is 0 Å². The van der Waals surface area contributed by atoms with Gasteiger partial charge in [-0.15, -0.1) is 0 Å². The van der Waals surface area contributed by atoms with Crippen molar-refractivity contribution in [1.29, 1.82) is 0 Å². The Morgan fingerprint density at radius 3 is 0.419 bits per heavy atom. The van der Waals surface area contributed by atoms with Gasteiger partial charge in [0.05, 0.1) is 0 Å². The minimum Gasteiger partial charge on any atom is -0.397 e. The van der Waals surface area contributed by atoms with Crippen LogP contribution in [-0.2, 0) is 43.4 Å². The predicted molar refractivity (Wildman–Crippen MR) is 131 cm³/mol. The fourth-order valence-electron chi connectivity index (χ4n) is 0. The molecule has 0 rings (SSSR count). The van der Waals surface area contributed by atoms with Crippen LogP contribution >= 0.6 is 0 Å². The van der Waals surface area contributed by atoms with Crippen LogP contribution in [0, 0.1) is 11.8 Å². The van der Waals surface area contributed by atoms with Gasteiger partial charge >= 0.3 is 0 Å². The molecule has 8 heteroatoms. The van der Waals surface area contributed by atoms with Gasteiger partial charge in [-0.05, 0) is 40.0 Å². The van der Waals surface area contributed by atoms with Crippen molar-refractivity contribution in [2.75, 3.05) is 39.6 Å². The van der Waals surface area contributed by atoms with Gasteiger partial charge in [-0.2, -0.15) is 41.5 Å². The summed E-state index contributed by atoms with van der Waals surface area (Å²) in [5, 5.41) is 46.3. The minimum absolute atomic E-state index is 0. The maximum atomic E-state index is 7.88. The molecule has 0 aliphatic rings. The summed E-state index contributed by atoms with van der Waals surface area (Å²) in [6.45, 7) is 25.0. The molecule has 0 fully saturated rings. The maximum absolute atomic E-state index is 7.88. The van der Waals surface area contributed by atoms with Crippen LogP contribution in [0.4, 0.5) is 0 Å². The molecule has 0 aromatic rings. The molecule has 0 amide bonds. The summed E-state index contributed by atoms with van der Waals surface area (Å²) in [7, 11) is 0. The summed E-state index contributed by atoms with van der Waals surface area (Å²) in [6, 6.07) is 0. The molecule has 0 saturated heterocycles. The zero-order valence-corrected chi connectivity index (χ0v) is 26.2. The third-order valence-electron chi connectivity index (χ3n) is 0.671. The third-order valence-corrected chi connectivity index (χ3v) is 0.671. The Balaban J connectivity index is -0.0000000202. The van der Waals surface area contributed by atoms with Gasteiger partial charge in [0.2, 0.25) is 0 Å². The molecule has 6 N–H and O–H groups in total. The Labute approximate surface area is 227 Å². The summed E-state index contributed by atoms with van der Waals surface area (Å²) < 4.78 is 0. The fourth-order valence-corrected chi connectivity index (χ4v) is 0. The Kier molecular flexibility index (Phi) is 223. The van der Waals surface area contributed by atoms with E-state index in [1.807, 2.05) is 20.8 Å². The van der Waals surface area contributed by atoms with Gasteiger partial charge in [-0.3, -0.25) is 0 Å². The van der Waals surface area contributed by atoms with E-state index < -0.39 is 0 Å². The number of hydrogen-bond acceptors (Lipinski definition) is 6. The van der Waals surface area contributed by atoms with E-state index in [4.69, 9.17) is 30.6 Å². The van der Waals surface area contributed by atoms with E-state index in [1.165, 1.54) is 11.8 Å². The molecule has 6 nitrogen and oxygen atoms in total. The summed E-state index contributed by atoms with van der Waals surface area (Å²) in [5.74, 6) is 2.83. The first-order valence-electron chi connectivity index (χ1n) is 10.6. The Bertz CT molecular complexity index is 113. The van der Waals surface area contributed by atoms with Crippen LogP contribution in [0.5, 0.6) is 0 Å². The molecule has 198 valence electrons. The van der Waals surface area contributed by atoms with E-state index in [2.05, 4.69) is 41.5 Å². The molecule has 0 aliphatic heterocycles. The van der Waals surface area contributed by atoms with Crippen LogP contribution in [0.25, 0.3) is 0 Å². The SMILES string of the molecule is CCCO.CCCO.CCCO.CCO.CCO.CCO.C[C-](C)C.C[C-](C)C.[Ti].[Ti]. The Morgan fingerprint density at radius 1 is 0.387 bits per heavy atom. The average molecular weight is 528 g/mol. The molecule has 0 unspecified atom stereocenters. The first-order valence-corrected chi connectivity index (χ1v) is 10.6. The number of rotatable bonds is 3. The third kappa shape index (κ3) is 1510. The first kappa shape index (κ1) is 63.6. The smallest absolute Gasteiger partial charge is 0.0428 e. The molecule has 0 aliphatic carbocycles. The molecular weight excluding hydrogens is 468 g/mol. The van der Waals surface area contributed by atoms with Gasteiger partial charge in [0.25, 0.3) is 0 Å². The van der Waals surface area contributed by atoms with Crippen molar-refractivity contribution in [2.45, 2.75) is 102 Å². The van der Waals surface area contributed by atoms with Crippen molar-refractivity contribution in [1.82, 2.24) is 0 Å². The summed E-state index contributed by atoms with van der Waals surface area (Å²) in [6.07, 6.45) is 2.62. The number of aliphatic hydroxyl groups excluding tert-OH is 6. The topological polar surface area (TPSA) is 121 Å². The fraction of sp³-hybridized carbons (Fsp3) is 0.913. The first-order chi connectivity index (χ1) is 13.4. The zero-order valence-electron chi connectivity index (χ0n) is 23.0. The number of hydrogen-bond donors (Lipinski definition) is 6. The number of aliphatic hydroxyl groups is 6. The zero-order chi connectivity index (χ0) is 25.5. The van der Waals surface area contributed by atoms with E-state index in [9.17, 15) is 0 Å². The van der Waals surface area contributed by atoms with Crippen LogP contribution < -0.4 is 0 Å². The maximum Gasteiger partial charge on any atom is 0.0428 e. The van der Waals surface area contributed by atoms with E-state index >= 15 is 0 Å². The molecule has 0 atom stereocenters. The van der Waals surface area contributed by atoms with Gasteiger partial charge in [-0.1, -0.05) is 20.8 Å². The van der Waals surface area contributed by atoms with Crippen molar-refractivity contribution in [2.24, 2.45) is 0 Å². The molecule has 0 bridgehead atoms. The van der Waals surface area contributed by atoms with E-state index in [1.54, 1.807) is 20.8 Å². The van der Waals surface area contributed by atoms with Crippen LogP contribution in [0.1, 0.15) is 102 Å². The van der Waals surface area contributed by atoms with E-state index in [0.29, 0.717) is 19.8 Å². The molecule has 0 aromatic carbocycles. The average Bonchev–Trinajstić information content (AvgIpc) is 2.63. The van der Waals surface area contributed by atoms with Crippen LogP contribution in [-0.4, -0.2) is 70.3 Å². The van der Waals surface area contributed by atoms with Crippen LogP contribution in [0.2, 0.25) is 0 Å². The summed E-state index contributed by atoms with van der Waals surface area (Å²) in [5.41, 5.74) is 0. The van der Waals surface area contributed by atoms with Gasteiger partial charge in [-0.25, -0.2) is 0 Å². The van der Waals surface area contributed by atoms with Crippen molar-refractivity contribution < 1.29 is 74.1 Å². The normalized spacial score (nSPS) is 6.97. The second-order valence-corrected chi connectivity index (χ2v) is 6.12. The van der Waals surface area contributed by atoms with Crippen LogP contribution in [0.3, 0.4) is 0 Å². The summed E-state index contributed by atoms with van der Waals surface area (Å²) >= 11 is 0. The second kappa shape index (κ2) is 108. The molecule has 31 heavy (non-hydrogen) atoms. The van der Waals surface area contributed by atoms with Gasteiger partial charge < -0.3 is 42.5 Å². The van der Waals surface area contributed by atoms with E-state index in [0.717, 1.165) is 19.3 Å². The molecule has 0 spiro atoms. The van der Waals surface area contributed by atoms with Crippen LogP contribution in [0.15, 0.2) is 0 Å². The van der Waals surface area contributed by atoms with E-state index in [-0.39, 0.29) is 63.3 Å². The predicted octanol–water partition coefficient (Wildman–Crippen LogP) is 4.40. The largest absolute Gasteiger partial charge is 0.397 e. The van der Waals surface area contributed by atoms with Crippen molar-refractivity contribution >= 4 is 0 Å². The van der Waals surface area contributed by atoms with Crippen molar-refractivity contribution in [3.63, 3.8) is 0 Å². The molecule has 0 heterocycles. The van der Waals surface area contributed by atoms with Gasteiger partial charge in [0.1, 0.15) is 0 Å². The summed E-state index contributed by atoms with van der Waals surface area (Å²) in [4.78, 5) is 0. The van der Waals surface area contributed by atoms with Crippen molar-refractivity contribution in [3.8, 4) is 0 Å². The molecule has 0 radical (unpaired) electrons. The standard InChI is InChI=1S/2C4H9.3C3H8O.3C2H6O.2Ti/c2*1-4(2)3;3*1-2-3-4;3*1-2-3;;/h2*1-3H3;3*4H,2-3H2,1H3;3*3H,2H2,1H3;;/q2*-1;;;;;;;;. The van der Waals surface area contributed by atoms with Gasteiger partial charge in [0, 0.05) is 83.1 Å². The quantitative estimate of drug-likeness (QED) is 0.239. The Morgan fingerprint density at radius 2 is 0.419 bits per heavy atom. The molecule has 0 saturated carbocycles. The molecule has 0 aromatic heterocycles. The van der Waals surface area contributed by atoms with Crippen molar-refractivity contribution in [3.05, 3.63) is 11.8 Å². The molecular formula is C23H60O6Ti2-2. The Hall–Kier alpha value is 1.19. The minimum atomic E-state index is 0. The monoisotopic (exact) mass is 528 g/mol. The second-order valence-electron chi connectivity index (χ2n) is 6.12.